The van der Waals surface area contributed by atoms with Crippen LogP contribution in [0.5, 0.6) is 0 Å². The van der Waals surface area contributed by atoms with Crippen molar-refractivity contribution in [1.29, 1.82) is 0 Å². The van der Waals surface area contributed by atoms with Crippen molar-refractivity contribution in [2.24, 2.45) is 5.73 Å². The lowest BCUT2D eigenvalue weighted by Crippen LogP contribution is -2.41. The maximum atomic E-state index is 14.0. The van der Waals surface area contributed by atoms with Crippen LogP contribution in [0.25, 0.3) is 0 Å². The van der Waals surface area contributed by atoms with E-state index < -0.39 is 19.3 Å². The molecule has 0 aromatic heterocycles. The number of rotatable bonds is 10. The molecule has 2 N–H and O–H groups in total. The van der Waals surface area contributed by atoms with E-state index in [-0.39, 0.29) is 19.6 Å². The third-order valence-electron chi connectivity index (χ3n) is 2.53. The van der Waals surface area contributed by atoms with Crippen LogP contribution in [0.3, 0.4) is 0 Å². The molecule has 0 aliphatic carbocycles. The molecule has 4 nitrogen and oxygen atoms in total. The van der Waals surface area contributed by atoms with Crippen LogP contribution >= 0.6 is 7.60 Å². The van der Waals surface area contributed by atoms with E-state index in [1.54, 1.807) is 0 Å². The molecular weight excluding hydrogens is 263 g/mol. The maximum absolute atomic E-state index is 14.0. The lowest BCUT2D eigenvalue weighted by molar-refractivity contribution is 0.0139. The first kappa shape index (κ1) is 18.0. The van der Waals surface area contributed by atoms with Gasteiger partial charge in [0.1, 0.15) is 0 Å². The fraction of sp³-hybridized carbons (Fsp3) is 1.00. The van der Waals surface area contributed by atoms with Gasteiger partial charge in [-0.3, -0.25) is 4.57 Å². The maximum Gasteiger partial charge on any atom is 0.401 e. The van der Waals surface area contributed by atoms with E-state index in [9.17, 15) is 13.3 Å². The van der Waals surface area contributed by atoms with E-state index in [4.69, 9.17) is 5.73 Å². The van der Waals surface area contributed by atoms with Gasteiger partial charge in [0.2, 0.25) is 0 Å². The molecule has 0 bridgehead atoms. The van der Waals surface area contributed by atoms with Gasteiger partial charge >= 0.3 is 13.3 Å². The fourth-order valence-electron chi connectivity index (χ4n) is 1.54. The van der Waals surface area contributed by atoms with Crippen LogP contribution < -0.4 is 5.73 Å². The van der Waals surface area contributed by atoms with Crippen LogP contribution in [-0.2, 0) is 13.6 Å². The summed E-state index contributed by atoms with van der Waals surface area (Å²) in [5.74, 6) is 0. The number of alkyl halides is 2. The molecule has 0 amide bonds. The third-order valence-corrected chi connectivity index (χ3v) is 4.79. The van der Waals surface area contributed by atoms with Crippen LogP contribution in [0, 0.1) is 0 Å². The van der Waals surface area contributed by atoms with E-state index in [1.807, 2.05) is 6.92 Å². The zero-order valence-corrected chi connectivity index (χ0v) is 12.2. The van der Waals surface area contributed by atoms with E-state index >= 15 is 0 Å². The molecule has 0 unspecified atom stereocenters. The summed E-state index contributed by atoms with van der Waals surface area (Å²) in [6, 6.07) is -1.51. The lowest BCUT2D eigenvalue weighted by Gasteiger charge is -2.29. The molecule has 0 heterocycles. The summed E-state index contributed by atoms with van der Waals surface area (Å²) in [6.07, 6.45) is 2.40. The second-order valence-electron chi connectivity index (χ2n) is 4.02. The van der Waals surface area contributed by atoms with Gasteiger partial charge in [-0.25, -0.2) is 0 Å². The standard InChI is InChI=1S/C11H24F2NO3P/c1-4-7-8-9-10(14)11(12,13)18(15,16-5-2)17-6-3/h10H,4-9,14H2,1-3H3/t10-/m1/s1. The monoisotopic (exact) mass is 287 g/mol. The average molecular weight is 287 g/mol. The molecular formula is C11H24F2NO3P. The largest absolute Gasteiger partial charge is 0.401 e. The van der Waals surface area contributed by atoms with E-state index in [0.29, 0.717) is 6.42 Å². The minimum Gasteiger partial charge on any atom is -0.322 e. The van der Waals surface area contributed by atoms with Gasteiger partial charge in [-0.15, -0.1) is 0 Å². The van der Waals surface area contributed by atoms with Gasteiger partial charge in [-0.1, -0.05) is 26.2 Å². The second kappa shape index (κ2) is 8.20. The van der Waals surface area contributed by atoms with Gasteiger partial charge in [0.05, 0.1) is 19.3 Å². The Morgan fingerprint density at radius 3 is 2.06 bits per heavy atom. The van der Waals surface area contributed by atoms with Crippen molar-refractivity contribution in [3.8, 4) is 0 Å². The van der Waals surface area contributed by atoms with Gasteiger partial charge in [0.25, 0.3) is 0 Å². The highest BCUT2D eigenvalue weighted by Gasteiger charge is 2.57. The second-order valence-corrected chi connectivity index (χ2v) is 6.13. The molecule has 0 spiro atoms. The van der Waals surface area contributed by atoms with Crippen LogP contribution in [0.2, 0.25) is 0 Å². The summed E-state index contributed by atoms with van der Waals surface area (Å²) < 4.78 is 49.4. The summed E-state index contributed by atoms with van der Waals surface area (Å²) in [5.41, 5.74) is 1.81. The minimum atomic E-state index is -4.49. The van der Waals surface area contributed by atoms with Crippen LogP contribution in [-0.4, -0.2) is 24.9 Å². The van der Waals surface area contributed by atoms with Crippen molar-refractivity contribution in [3.05, 3.63) is 0 Å². The van der Waals surface area contributed by atoms with Crippen molar-refractivity contribution in [2.45, 2.75) is 58.2 Å². The first-order chi connectivity index (χ1) is 8.35. The van der Waals surface area contributed by atoms with Gasteiger partial charge in [0, 0.05) is 0 Å². The predicted molar refractivity (Wildman–Crippen MR) is 67.9 cm³/mol. The van der Waals surface area contributed by atoms with Crippen LogP contribution in [0.4, 0.5) is 8.78 Å². The Morgan fingerprint density at radius 1 is 1.17 bits per heavy atom. The Hall–Kier alpha value is -0.0300. The molecule has 18 heavy (non-hydrogen) atoms. The predicted octanol–water partition coefficient (Wildman–Crippen LogP) is 3.75. The molecule has 1 atom stereocenters. The average Bonchev–Trinajstić information content (AvgIpc) is 2.29. The molecule has 110 valence electrons. The molecule has 0 aliphatic rings. The Balaban J connectivity index is 4.76. The van der Waals surface area contributed by atoms with Crippen molar-refractivity contribution in [2.75, 3.05) is 13.2 Å². The fourth-order valence-corrected chi connectivity index (χ4v) is 3.17. The molecule has 0 aromatic rings. The normalized spacial score (nSPS) is 14.8. The SMILES string of the molecule is CCCCC[C@@H](N)C(F)(F)P(=O)(OCC)OCC. The highest BCUT2D eigenvalue weighted by molar-refractivity contribution is 7.55. The lowest BCUT2D eigenvalue weighted by atomic mass is 10.1. The minimum absolute atomic E-state index is 0.102. The number of halogens is 2. The third kappa shape index (κ3) is 4.57. The topological polar surface area (TPSA) is 61.6 Å². The Labute approximate surface area is 108 Å². The molecule has 7 heteroatoms. The highest BCUT2D eigenvalue weighted by Crippen LogP contribution is 2.63. The zero-order chi connectivity index (χ0) is 14.2. The first-order valence-electron chi connectivity index (χ1n) is 6.38. The van der Waals surface area contributed by atoms with Gasteiger partial charge in [-0.2, -0.15) is 8.78 Å². The Kier molecular flexibility index (Phi) is 8.19. The molecule has 0 saturated carbocycles. The molecule has 0 aromatic carbocycles. The summed E-state index contributed by atoms with van der Waals surface area (Å²) in [6.45, 7) is 4.74. The Morgan fingerprint density at radius 2 is 1.67 bits per heavy atom. The summed E-state index contributed by atoms with van der Waals surface area (Å²) in [7, 11) is -4.49. The van der Waals surface area contributed by atoms with Crippen molar-refractivity contribution < 1.29 is 22.4 Å². The van der Waals surface area contributed by atoms with Crippen LogP contribution in [0.1, 0.15) is 46.5 Å². The highest BCUT2D eigenvalue weighted by atomic mass is 31.2. The summed E-state index contributed by atoms with van der Waals surface area (Å²) in [4.78, 5) is 0. The van der Waals surface area contributed by atoms with Gasteiger partial charge < -0.3 is 14.8 Å². The zero-order valence-electron chi connectivity index (χ0n) is 11.3. The molecule has 0 saturated heterocycles. The number of unbranched alkanes of at least 4 members (excludes halogenated alkanes) is 2. The van der Waals surface area contributed by atoms with Crippen molar-refractivity contribution >= 4 is 7.60 Å². The quantitative estimate of drug-likeness (QED) is 0.491. The summed E-state index contributed by atoms with van der Waals surface area (Å²) >= 11 is 0. The van der Waals surface area contributed by atoms with Gasteiger partial charge in [0.15, 0.2) is 0 Å². The van der Waals surface area contributed by atoms with Gasteiger partial charge in [-0.05, 0) is 20.3 Å². The Bertz CT molecular complexity index is 267. The first-order valence-corrected chi connectivity index (χ1v) is 7.92. The molecule has 0 aliphatic heterocycles. The number of hydrogen-bond donors (Lipinski definition) is 1. The van der Waals surface area contributed by atoms with E-state index in [1.165, 1.54) is 13.8 Å². The van der Waals surface area contributed by atoms with Crippen molar-refractivity contribution in [3.63, 3.8) is 0 Å². The summed E-state index contributed by atoms with van der Waals surface area (Å²) in [5, 5.41) is 0. The van der Waals surface area contributed by atoms with E-state index in [0.717, 1.165) is 12.8 Å². The molecule has 0 rings (SSSR count). The number of hydrogen-bond acceptors (Lipinski definition) is 4. The smallest absolute Gasteiger partial charge is 0.322 e. The number of nitrogens with two attached hydrogens (primary N) is 1. The molecule has 0 radical (unpaired) electrons. The van der Waals surface area contributed by atoms with E-state index in [2.05, 4.69) is 9.05 Å². The molecule has 0 fully saturated rings. The van der Waals surface area contributed by atoms with Crippen molar-refractivity contribution in [1.82, 2.24) is 0 Å². The van der Waals surface area contributed by atoms with Crippen LogP contribution in [0.15, 0.2) is 0 Å².